The van der Waals surface area contributed by atoms with Gasteiger partial charge in [-0.05, 0) is 31.7 Å². The summed E-state index contributed by atoms with van der Waals surface area (Å²) in [5, 5.41) is 5.16. The highest BCUT2D eigenvalue weighted by Crippen LogP contribution is 2.41. The molecule has 1 aliphatic rings. The van der Waals surface area contributed by atoms with Gasteiger partial charge in [0.25, 0.3) is 0 Å². The molecule has 0 unspecified atom stereocenters. The van der Waals surface area contributed by atoms with E-state index in [2.05, 4.69) is 14.9 Å². The number of halogens is 6. The van der Waals surface area contributed by atoms with Crippen molar-refractivity contribution in [2.75, 3.05) is 12.3 Å². The summed E-state index contributed by atoms with van der Waals surface area (Å²) in [5.41, 5.74) is -3.97. The normalized spacial score (nSPS) is 20.6. The zero-order chi connectivity index (χ0) is 22.0. The Morgan fingerprint density at radius 2 is 1.90 bits per heavy atom. The highest BCUT2D eigenvalue weighted by molar-refractivity contribution is 8.14. The monoisotopic (exact) mass is 436 g/mol. The molecule has 158 valence electrons. The van der Waals surface area contributed by atoms with Gasteiger partial charge in [0.05, 0.1) is 17.8 Å². The Morgan fingerprint density at radius 1 is 1.24 bits per heavy atom. The van der Waals surface area contributed by atoms with Gasteiger partial charge in [0.1, 0.15) is 16.3 Å². The molecule has 0 spiro atoms. The number of hydrogen-bond donors (Lipinski definition) is 0. The second-order valence-electron chi connectivity index (χ2n) is 6.37. The molecule has 1 aliphatic heterocycles. The molecule has 0 saturated carbocycles. The van der Waals surface area contributed by atoms with E-state index in [1.807, 2.05) is 0 Å². The molecule has 2 rings (SSSR count). The quantitative estimate of drug-likeness (QED) is 0.235. The molecule has 1 aromatic carbocycles. The van der Waals surface area contributed by atoms with Crippen LogP contribution in [0.25, 0.3) is 4.85 Å². The predicted octanol–water partition coefficient (Wildman–Crippen LogP) is 6.44. The van der Waals surface area contributed by atoms with E-state index in [-0.39, 0.29) is 17.3 Å². The molecule has 0 aliphatic carbocycles. The van der Waals surface area contributed by atoms with Gasteiger partial charge in [0, 0.05) is 13.0 Å². The summed E-state index contributed by atoms with van der Waals surface area (Å²) in [5.74, 6) is 0.458. The van der Waals surface area contributed by atoms with Gasteiger partial charge in [-0.1, -0.05) is 13.0 Å². The third kappa shape index (κ3) is 4.86. The van der Waals surface area contributed by atoms with E-state index in [1.165, 1.54) is 11.1 Å². The van der Waals surface area contributed by atoms with Crippen LogP contribution in [0.2, 0.25) is 0 Å². The summed E-state index contributed by atoms with van der Waals surface area (Å²) in [7, 11) is 0. The van der Waals surface area contributed by atoms with Crippen molar-refractivity contribution < 1.29 is 26.3 Å². The Morgan fingerprint density at radius 3 is 2.38 bits per heavy atom. The molecular weight excluding hydrogens is 418 g/mol. The van der Waals surface area contributed by atoms with Crippen LogP contribution in [0.3, 0.4) is 0 Å². The first-order valence-corrected chi connectivity index (χ1v) is 9.58. The van der Waals surface area contributed by atoms with Crippen LogP contribution in [-0.2, 0) is 6.18 Å². The van der Waals surface area contributed by atoms with E-state index < -0.39 is 41.3 Å². The lowest BCUT2D eigenvalue weighted by Crippen LogP contribution is -2.46. The molecule has 1 atom stereocenters. The fraction of sp³-hybridized carbons (Fsp3) is 0.500. The van der Waals surface area contributed by atoms with Crippen molar-refractivity contribution in [3.63, 3.8) is 0 Å². The van der Waals surface area contributed by atoms with Crippen LogP contribution < -0.4 is 0 Å². The van der Waals surface area contributed by atoms with Crippen LogP contribution in [0, 0.1) is 6.57 Å². The van der Waals surface area contributed by atoms with E-state index in [0.29, 0.717) is 5.75 Å². The maximum atomic E-state index is 13.2. The second kappa shape index (κ2) is 8.26. The average Bonchev–Trinajstić information content (AvgIpc) is 2.99. The molecular formula is C18H18F6N4S. The van der Waals surface area contributed by atoms with Gasteiger partial charge in [0.15, 0.2) is 5.69 Å². The van der Waals surface area contributed by atoms with Gasteiger partial charge in [-0.3, -0.25) is 5.01 Å². The van der Waals surface area contributed by atoms with Crippen LogP contribution >= 0.6 is 11.8 Å². The topological polar surface area (TPSA) is 32.3 Å². The second-order valence-corrected chi connectivity index (χ2v) is 7.62. The van der Waals surface area contributed by atoms with Gasteiger partial charge in [-0.2, -0.15) is 31.4 Å². The number of aliphatic imine (C=N–C) groups is 1. The number of nitrogens with zero attached hydrogens (tertiary/aromatic N) is 4. The Kier molecular flexibility index (Phi) is 6.57. The summed E-state index contributed by atoms with van der Waals surface area (Å²) in [6.45, 7) is 12.0. The zero-order valence-corrected chi connectivity index (χ0v) is 16.6. The van der Waals surface area contributed by atoms with Crippen LogP contribution in [0.1, 0.15) is 32.8 Å². The van der Waals surface area contributed by atoms with E-state index >= 15 is 0 Å². The van der Waals surface area contributed by atoms with Crippen molar-refractivity contribution in [2.24, 2.45) is 10.1 Å². The molecule has 1 aromatic rings. The average molecular weight is 436 g/mol. The zero-order valence-electron chi connectivity index (χ0n) is 15.8. The van der Waals surface area contributed by atoms with Crippen molar-refractivity contribution in [1.82, 2.24) is 5.01 Å². The number of thioether (sulfide) groups is 1. The van der Waals surface area contributed by atoms with Crippen molar-refractivity contribution in [2.45, 2.75) is 45.1 Å². The van der Waals surface area contributed by atoms with Crippen molar-refractivity contribution in [1.29, 1.82) is 0 Å². The SMILES string of the molecule is [C-]#[N+]c1ccc(/N=C(\SCC)[C@]2(C)CC(C(F)(F)F)=NN2CC)cc1C(F)(F)F. The molecule has 4 nitrogen and oxygen atoms in total. The molecule has 0 saturated heterocycles. The van der Waals surface area contributed by atoms with E-state index in [9.17, 15) is 26.3 Å². The van der Waals surface area contributed by atoms with Crippen LogP contribution in [0.15, 0.2) is 28.3 Å². The Labute approximate surface area is 168 Å². The van der Waals surface area contributed by atoms with Crippen molar-refractivity contribution >= 4 is 33.9 Å². The molecule has 0 bridgehead atoms. The lowest BCUT2D eigenvalue weighted by molar-refractivity contribution is -0.136. The molecule has 29 heavy (non-hydrogen) atoms. The number of hydrazone groups is 1. The molecule has 0 radical (unpaired) electrons. The third-order valence-electron chi connectivity index (χ3n) is 4.33. The summed E-state index contributed by atoms with van der Waals surface area (Å²) in [6.07, 6.45) is -9.81. The molecule has 0 amide bonds. The fourth-order valence-corrected chi connectivity index (χ4v) is 3.88. The summed E-state index contributed by atoms with van der Waals surface area (Å²) in [6, 6.07) is 3.00. The largest absolute Gasteiger partial charge is 0.431 e. The van der Waals surface area contributed by atoms with Gasteiger partial charge >= 0.3 is 12.4 Å². The van der Waals surface area contributed by atoms with Gasteiger partial charge in [-0.15, -0.1) is 11.8 Å². The first-order valence-electron chi connectivity index (χ1n) is 8.59. The van der Waals surface area contributed by atoms with Crippen molar-refractivity contribution in [3.05, 3.63) is 35.2 Å². The molecule has 1 heterocycles. The smallest absolute Gasteiger partial charge is 0.284 e. The lowest BCUT2D eigenvalue weighted by Gasteiger charge is -2.34. The van der Waals surface area contributed by atoms with Gasteiger partial charge < -0.3 is 0 Å². The minimum atomic E-state index is -4.75. The number of hydrogen-bond acceptors (Lipinski definition) is 4. The fourth-order valence-electron chi connectivity index (χ4n) is 2.95. The van der Waals surface area contributed by atoms with Gasteiger partial charge in [-0.25, -0.2) is 9.84 Å². The summed E-state index contributed by atoms with van der Waals surface area (Å²) in [4.78, 5) is 7.13. The van der Waals surface area contributed by atoms with E-state index in [4.69, 9.17) is 6.57 Å². The molecule has 0 N–H and O–H groups in total. The Hall–Kier alpha value is -2.22. The Bertz CT molecular complexity index is 869. The maximum absolute atomic E-state index is 13.2. The third-order valence-corrected chi connectivity index (χ3v) is 5.42. The standard InChI is InChI=1S/C18H18F6N4S/c1-5-28-16(3,10-14(27-28)18(22,23)24)15(29-6-2)26-11-7-8-13(25-4)12(9-11)17(19,20)21/h7-9H,5-6,10H2,1-3H3/b26-15-/t16-/m0/s1. The molecule has 0 fully saturated rings. The Balaban J connectivity index is 2.55. The minimum Gasteiger partial charge on any atom is -0.284 e. The first kappa shape index (κ1) is 23.1. The molecule has 11 heteroatoms. The van der Waals surface area contributed by atoms with Crippen molar-refractivity contribution in [3.8, 4) is 0 Å². The van der Waals surface area contributed by atoms with Crippen LogP contribution in [-0.4, -0.2) is 39.8 Å². The highest BCUT2D eigenvalue weighted by atomic mass is 32.2. The maximum Gasteiger partial charge on any atom is 0.431 e. The number of rotatable bonds is 4. The predicted molar refractivity (Wildman–Crippen MR) is 102 cm³/mol. The van der Waals surface area contributed by atoms with E-state index in [0.717, 1.165) is 23.9 Å². The number of alkyl halides is 6. The first-order chi connectivity index (χ1) is 13.4. The van der Waals surface area contributed by atoms with E-state index in [1.54, 1.807) is 20.8 Å². The lowest BCUT2D eigenvalue weighted by atomic mass is 9.96. The number of benzene rings is 1. The highest BCUT2D eigenvalue weighted by Gasteiger charge is 2.50. The summed E-state index contributed by atoms with van der Waals surface area (Å²) >= 11 is 1.15. The minimum absolute atomic E-state index is 0.0848. The van der Waals surface area contributed by atoms with Gasteiger partial charge in [0.2, 0.25) is 0 Å². The van der Waals surface area contributed by atoms with Crippen LogP contribution in [0.4, 0.5) is 37.7 Å². The molecule has 0 aromatic heterocycles. The van der Waals surface area contributed by atoms with Crippen LogP contribution in [0.5, 0.6) is 0 Å². The summed E-state index contributed by atoms with van der Waals surface area (Å²) < 4.78 is 79.3.